The Kier molecular flexibility index (Phi) is 2.60. The molecule has 1 fully saturated rings. The molecule has 0 radical (unpaired) electrons. The molecule has 1 aromatic carbocycles. The maximum atomic E-state index is 12.7. The maximum Gasteiger partial charge on any atom is 0.167 e. The molecule has 20 heavy (non-hydrogen) atoms. The monoisotopic (exact) mass is 267 g/mol. The van der Waals surface area contributed by atoms with E-state index in [0.29, 0.717) is 0 Å². The lowest BCUT2D eigenvalue weighted by Gasteiger charge is -2.05. The first-order valence-corrected chi connectivity index (χ1v) is 7.17. The van der Waals surface area contributed by atoms with E-state index in [1.165, 1.54) is 0 Å². The normalized spacial score (nSPS) is 20.1. The van der Waals surface area contributed by atoms with Gasteiger partial charge in [0.15, 0.2) is 5.78 Å². The van der Waals surface area contributed by atoms with Crippen LogP contribution >= 0.6 is 0 Å². The first-order chi connectivity index (χ1) is 9.25. The predicted molar refractivity (Wildman–Crippen MR) is 81.9 cm³/mol. The highest BCUT2D eigenvalue weighted by Gasteiger charge is 2.67. The molecule has 0 spiro atoms. The van der Waals surface area contributed by atoms with Crippen LogP contribution in [0.1, 0.15) is 43.7 Å². The summed E-state index contributed by atoms with van der Waals surface area (Å²) in [5.74, 6) is 0.383. The highest BCUT2D eigenvalue weighted by Crippen LogP contribution is 2.69. The van der Waals surface area contributed by atoms with Gasteiger partial charge >= 0.3 is 0 Å². The van der Waals surface area contributed by atoms with Crippen molar-refractivity contribution in [2.45, 2.75) is 34.6 Å². The van der Waals surface area contributed by atoms with Crippen molar-refractivity contribution in [1.29, 1.82) is 0 Å². The van der Waals surface area contributed by atoms with E-state index < -0.39 is 0 Å². The molecule has 2 aromatic rings. The number of nitrogens with zero attached hydrogens (tertiary/aromatic N) is 1. The molecule has 1 aromatic heterocycles. The Bertz CT molecular complexity index is 698. The Hall–Kier alpha value is -1.70. The number of ketones is 1. The third-order valence-corrected chi connectivity index (χ3v) is 5.40. The second-order valence-corrected chi connectivity index (χ2v) is 7.10. The third kappa shape index (κ3) is 1.71. The Balaban J connectivity index is 2.00. The lowest BCUT2D eigenvalue weighted by Crippen LogP contribution is -2.07. The van der Waals surface area contributed by atoms with Gasteiger partial charge in [-0.2, -0.15) is 0 Å². The summed E-state index contributed by atoms with van der Waals surface area (Å²) in [5.41, 5.74) is 2.94. The summed E-state index contributed by atoms with van der Waals surface area (Å²) < 4.78 is 0. The third-order valence-electron chi connectivity index (χ3n) is 5.40. The molecule has 0 atom stereocenters. The highest BCUT2D eigenvalue weighted by molar-refractivity contribution is 6.03. The van der Waals surface area contributed by atoms with Gasteiger partial charge in [0.1, 0.15) is 0 Å². The lowest BCUT2D eigenvalue weighted by molar-refractivity contribution is 0.0945. The van der Waals surface area contributed by atoms with Gasteiger partial charge in [0.25, 0.3) is 0 Å². The van der Waals surface area contributed by atoms with Crippen LogP contribution in [0.4, 0.5) is 0 Å². The van der Waals surface area contributed by atoms with Gasteiger partial charge in [-0.15, -0.1) is 0 Å². The van der Waals surface area contributed by atoms with Gasteiger partial charge in [0.05, 0.1) is 5.52 Å². The summed E-state index contributed by atoms with van der Waals surface area (Å²) in [4.78, 5) is 17.2. The minimum atomic E-state index is 0.0879. The van der Waals surface area contributed by atoms with E-state index >= 15 is 0 Å². The molecular formula is C18H21NO. The molecule has 0 N–H and O–H groups in total. The molecule has 0 bridgehead atoms. The topological polar surface area (TPSA) is 30.0 Å². The van der Waals surface area contributed by atoms with E-state index in [-0.39, 0.29) is 22.5 Å². The number of fused-ring (bicyclic) bond motifs is 1. The molecule has 1 heterocycles. The second kappa shape index (κ2) is 3.91. The van der Waals surface area contributed by atoms with Gasteiger partial charge in [-0.05, 0) is 42.0 Å². The van der Waals surface area contributed by atoms with E-state index in [0.717, 1.165) is 22.2 Å². The molecule has 2 nitrogen and oxygen atoms in total. The van der Waals surface area contributed by atoms with Crippen molar-refractivity contribution in [3.8, 4) is 0 Å². The number of rotatable bonds is 2. The maximum absolute atomic E-state index is 12.7. The number of hydrogen-bond acceptors (Lipinski definition) is 2. The van der Waals surface area contributed by atoms with E-state index in [4.69, 9.17) is 0 Å². The van der Waals surface area contributed by atoms with Crippen molar-refractivity contribution in [1.82, 2.24) is 4.98 Å². The van der Waals surface area contributed by atoms with Crippen LogP contribution in [0.15, 0.2) is 30.3 Å². The smallest absolute Gasteiger partial charge is 0.167 e. The number of carbonyl (C=O) groups is 1. The fourth-order valence-electron chi connectivity index (χ4n) is 3.40. The molecule has 1 aliphatic rings. The average Bonchev–Trinajstić information content (AvgIpc) is 2.78. The zero-order valence-electron chi connectivity index (χ0n) is 12.8. The molecule has 0 saturated heterocycles. The van der Waals surface area contributed by atoms with Gasteiger partial charge in [0, 0.05) is 22.6 Å². The minimum Gasteiger partial charge on any atom is -0.294 e. The van der Waals surface area contributed by atoms with Gasteiger partial charge in [0.2, 0.25) is 0 Å². The average molecular weight is 267 g/mol. The van der Waals surface area contributed by atoms with E-state index in [2.05, 4.69) is 32.7 Å². The van der Waals surface area contributed by atoms with E-state index in [9.17, 15) is 4.79 Å². The number of Topliss-reactive ketones (excluding diaryl/α,β-unsaturated/α-hetero) is 1. The molecule has 1 saturated carbocycles. The van der Waals surface area contributed by atoms with Crippen LogP contribution in [0.5, 0.6) is 0 Å². The lowest BCUT2D eigenvalue weighted by atomic mass is 9.99. The van der Waals surface area contributed by atoms with Crippen molar-refractivity contribution in [2.75, 3.05) is 0 Å². The summed E-state index contributed by atoms with van der Waals surface area (Å²) in [6.07, 6.45) is 0. The van der Waals surface area contributed by atoms with Crippen molar-refractivity contribution in [3.63, 3.8) is 0 Å². The Morgan fingerprint density at radius 3 is 2.30 bits per heavy atom. The summed E-state index contributed by atoms with van der Waals surface area (Å²) in [7, 11) is 0. The predicted octanol–water partition coefficient (Wildman–Crippen LogP) is 4.41. The van der Waals surface area contributed by atoms with Gasteiger partial charge in [-0.25, -0.2) is 0 Å². The van der Waals surface area contributed by atoms with Crippen molar-refractivity contribution < 1.29 is 4.79 Å². The van der Waals surface area contributed by atoms with Crippen LogP contribution in [0.25, 0.3) is 10.9 Å². The van der Waals surface area contributed by atoms with Crippen molar-refractivity contribution in [3.05, 3.63) is 41.6 Å². The van der Waals surface area contributed by atoms with E-state index in [1.807, 2.05) is 37.3 Å². The molecule has 3 rings (SSSR count). The number of pyridine rings is 1. The molecular weight excluding hydrogens is 246 g/mol. The minimum absolute atomic E-state index is 0.0879. The standard InChI is InChI=1S/C18H21NO/c1-11-6-7-12-10-13(8-9-14(12)19-11)15(20)16-17(2,3)18(16,4)5/h6-10,16H,1-5H3. The fourth-order valence-corrected chi connectivity index (χ4v) is 3.40. The Morgan fingerprint density at radius 1 is 1.05 bits per heavy atom. The van der Waals surface area contributed by atoms with Crippen LogP contribution in [-0.2, 0) is 0 Å². The summed E-state index contributed by atoms with van der Waals surface area (Å²) in [6, 6.07) is 9.88. The molecule has 2 heteroatoms. The molecule has 0 aliphatic heterocycles. The number of aryl methyl sites for hydroxylation is 1. The molecule has 1 aliphatic carbocycles. The van der Waals surface area contributed by atoms with E-state index in [1.54, 1.807) is 0 Å². The molecule has 0 unspecified atom stereocenters. The van der Waals surface area contributed by atoms with Crippen LogP contribution < -0.4 is 0 Å². The van der Waals surface area contributed by atoms with Crippen LogP contribution in [0.2, 0.25) is 0 Å². The van der Waals surface area contributed by atoms with Crippen LogP contribution in [0.3, 0.4) is 0 Å². The number of carbonyl (C=O) groups excluding carboxylic acids is 1. The van der Waals surface area contributed by atoms with Crippen LogP contribution in [0, 0.1) is 23.7 Å². The molecule has 0 amide bonds. The summed E-state index contributed by atoms with van der Waals surface area (Å²) >= 11 is 0. The second-order valence-electron chi connectivity index (χ2n) is 7.10. The Morgan fingerprint density at radius 2 is 1.70 bits per heavy atom. The van der Waals surface area contributed by atoms with Gasteiger partial charge < -0.3 is 0 Å². The first-order valence-electron chi connectivity index (χ1n) is 7.17. The van der Waals surface area contributed by atoms with Gasteiger partial charge in [-0.3, -0.25) is 9.78 Å². The zero-order valence-corrected chi connectivity index (χ0v) is 12.8. The van der Waals surface area contributed by atoms with Crippen LogP contribution in [-0.4, -0.2) is 10.8 Å². The quantitative estimate of drug-likeness (QED) is 0.754. The number of benzene rings is 1. The highest BCUT2D eigenvalue weighted by atomic mass is 16.1. The largest absolute Gasteiger partial charge is 0.294 e. The van der Waals surface area contributed by atoms with Crippen molar-refractivity contribution in [2.24, 2.45) is 16.7 Å². The SMILES string of the molecule is Cc1ccc2cc(C(=O)C3C(C)(C)C3(C)C)ccc2n1. The summed E-state index contributed by atoms with van der Waals surface area (Å²) in [6.45, 7) is 10.7. The number of aromatic nitrogens is 1. The van der Waals surface area contributed by atoms with Crippen molar-refractivity contribution >= 4 is 16.7 Å². The molecule has 104 valence electrons. The fraction of sp³-hybridized carbons (Fsp3) is 0.444. The zero-order chi connectivity index (χ0) is 14.7. The first kappa shape index (κ1) is 13.3. The summed E-state index contributed by atoms with van der Waals surface area (Å²) in [5, 5.41) is 1.04. The Labute approximate surface area is 120 Å². The van der Waals surface area contributed by atoms with Gasteiger partial charge in [-0.1, -0.05) is 33.8 Å². The number of hydrogen-bond donors (Lipinski definition) is 0.